The van der Waals surface area contributed by atoms with Crippen molar-refractivity contribution in [2.24, 2.45) is 10.8 Å². The van der Waals surface area contributed by atoms with Crippen molar-refractivity contribution in [3.8, 4) is 0 Å². The number of allylic oxidation sites excluding steroid dienone is 8. The summed E-state index contributed by atoms with van der Waals surface area (Å²) >= 11 is 0. The van der Waals surface area contributed by atoms with Gasteiger partial charge in [0.25, 0.3) is 0 Å². The fraction of sp³-hybridized carbons (Fsp3) is 0.600. The van der Waals surface area contributed by atoms with Crippen LogP contribution in [0, 0.1) is 69.9 Å². The van der Waals surface area contributed by atoms with Gasteiger partial charge in [0.15, 0.2) is 0 Å². The minimum atomic E-state index is 0. The third-order valence-electron chi connectivity index (χ3n) is 5.12. The van der Waals surface area contributed by atoms with Crippen LogP contribution in [-0.2, 0) is 0 Å². The zero-order chi connectivity index (χ0) is 15.9. The Balaban J connectivity index is 0. The number of hydrogen-bond acceptors (Lipinski definition) is 0. The summed E-state index contributed by atoms with van der Waals surface area (Å²) in [5, 5.41) is 0. The fourth-order valence-electron chi connectivity index (χ4n) is 2.81. The molecule has 2 aliphatic carbocycles. The van der Waals surface area contributed by atoms with Crippen LogP contribution < -0.4 is 12.4 Å². The SMILES string of the molecule is CC1=[C-]C(C)(C)C(C)=C1C.CC1=[C-]C(C)(C)C(C)=C1C.[Cl-].[Yb+3]. The Hall–Kier alpha value is 0.769. The van der Waals surface area contributed by atoms with E-state index in [4.69, 9.17) is 0 Å². The van der Waals surface area contributed by atoms with Gasteiger partial charge < -0.3 is 12.4 Å². The van der Waals surface area contributed by atoms with E-state index < -0.39 is 0 Å². The molecule has 0 atom stereocenters. The molecule has 0 N–H and O–H groups in total. The van der Waals surface area contributed by atoms with Crippen molar-refractivity contribution in [2.45, 2.75) is 69.2 Å². The summed E-state index contributed by atoms with van der Waals surface area (Å²) in [5.74, 6) is 0. The Labute approximate surface area is 183 Å². The van der Waals surface area contributed by atoms with E-state index in [1.165, 1.54) is 33.4 Å². The summed E-state index contributed by atoms with van der Waals surface area (Å²) in [4.78, 5) is 0. The predicted molar refractivity (Wildman–Crippen MR) is 89.2 cm³/mol. The Morgan fingerprint density at radius 2 is 0.818 bits per heavy atom. The zero-order valence-electron chi connectivity index (χ0n) is 15.6. The molecule has 0 spiro atoms. The van der Waals surface area contributed by atoms with Crippen LogP contribution in [0.4, 0.5) is 0 Å². The average Bonchev–Trinajstić information content (AvgIpc) is 2.60. The van der Waals surface area contributed by atoms with E-state index in [9.17, 15) is 0 Å². The van der Waals surface area contributed by atoms with Crippen molar-refractivity contribution in [1.29, 1.82) is 0 Å². The van der Waals surface area contributed by atoms with Crippen LogP contribution in [-0.4, -0.2) is 0 Å². The summed E-state index contributed by atoms with van der Waals surface area (Å²) in [7, 11) is 0. The van der Waals surface area contributed by atoms with Crippen molar-refractivity contribution in [1.82, 2.24) is 0 Å². The van der Waals surface area contributed by atoms with Crippen LogP contribution in [0.25, 0.3) is 0 Å². The molecular weight excluding hydrogens is 449 g/mol. The van der Waals surface area contributed by atoms with Gasteiger partial charge in [-0.15, -0.1) is 13.8 Å². The molecule has 0 aromatic rings. The van der Waals surface area contributed by atoms with Gasteiger partial charge in [0.05, 0.1) is 0 Å². The standard InChI is InChI=1S/2C10H15.ClH.Yb/c2*1-7-6-10(4,5)9(3)8(7)2;;/h2*1-5H3;1H;/q2*-1;;+3/p-1. The van der Waals surface area contributed by atoms with Crippen molar-refractivity contribution >= 4 is 0 Å². The molecule has 0 aliphatic heterocycles. The van der Waals surface area contributed by atoms with Crippen molar-refractivity contribution < 1.29 is 59.3 Å². The Morgan fingerprint density at radius 3 is 0.864 bits per heavy atom. The van der Waals surface area contributed by atoms with Gasteiger partial charge in [-0.3, -0.25) is 12.2 Å². The first-order valence-corrected chi connectivity index (χ1v) is 7.50. The van der Waals surface area contributed by atoms with Crippen LogP contribution in [0.3, 0.4) is 0 Å². The zero-order valence-corrected chi connectivity index (χ0v) is 18.1. The van der Waals surface area contributed by atoms with Gasteiger partial charge in [-0.1, -0.05) is 66.2 Å². The van der Waals surface area contributed by atoms with Gasteiger partial charge >= 0.3 is 46.9 Å². The van der Waals surface area contributed by atoms with Crippen LogP contribution in [0.15, 0.2) is 33.4 Å². The molecule has 0 unspecified atom stereocenters. The monoisotopic (exact) mass is 479 g/mol. The molecule has 2 rings (SSSR count). The van der Waals surface area contributed by atoms with Crippen LogP contribution >= 0.6 is 0 Å². The van der Waals surface area contributed by atoms with Crippen LogP contribution in [0.5, 0.6) is 0 Å². The third-order valence-corrected chi connectivity index (χ3v) is 5.12. The molecular formula is C20H30ClYb. The molecule has 0 aromatic carbocycles. The second-order valence-electron chi connectivity index (χ2n) is 7.25. The van der Waals surface area contributed by atoms with Gasteiger partial charge in [0.2, 0.25) is 0 Å². The molecule has 0 heterocycles. The topological polar surface area (TPSA) is 0 Å². The molecule has 0 aromatic heterocycles. The largest absolute Gasteiger partial charge is 3.00 e. The molecule has 131 valence electrons. The van der Waals surface area contributed by atoms with E-state index >= 15 is 0 Å². The maximum absolute atomic E-state index is 3.44. The van der Waals surface area contributed by atoms with E-state index in [0.29, 0.717) is 0 Å². The predicted octanol–water partition coefficient (Wildman–Crippen LogP) is 3.23. The van der Waals surface area contributed by atoms with Crippen LogP contribution in [0.1, 0.15) is 69.2 Å². The van der Waals surface area contributed by atoms with E-state index in [1.54, 1.807) is 0 Å². The second kappa shape index (κ2) is 8.75. The Kier molecular flexibility index (Phi) is 9.94. The molecule has 0 amide bonds. The van der Waals surface area contributed by atoms with Gasteiger partial charge in [-0.05, 0) is 0 Å². The third kappa shape index (κ3) is 5.40. The molecule has 2 heteroatoms. The average molecular weight is 479 g/mol. The summed E-state index contributed by atoms with van der Waals surface area (Å²) in [6, 6.07) is 0. The molecule has 22 heavy (non-hydrogen) atoms. The van der Waals surface area contributed by atoms with Crippen molar-refractivity contribution in [2.75, 3.05) is 0 Å². The molecule has 0 bridgehead atoms. The molecule has 0 saturated heterocycles. The maximum atomic E-state index is 3.44. The first-order chi connectivity index (χ1) is 8.90. The summed E-state index contributed by atoms with van der Waals surface area (Å²) in [5.41, 5.74) is 8.79. The first-order valence-electron chi connectivity index (χ1n) is 7.50. The number of halogens is 1. The Bertz CT molecular complexity index is 490. The maximum Gasteiger partial charge on any atom is 3.00 e. The van der Waals surface area contributed by atoms with Crippen molar-refractivity contribution in [3.05, 3.63) is 45.6 Å². The molecule has 1 radical (unpaired) electrons. The molecule has 0 fully saturated rings. The summed E-state index contributed by atoms with van der Waals surface area (Å²) < 4.78 is 0. The minimum Gasteiger partial charge on any atom is -1.00 e. The van der Waals surface area contributed by atoms with Crippen LogP contribution in [0.2, 0.25) is 0 Å². The summed E-state index contributed by atoms with van der Waals surface area (Å²) in [6.07, 6.45) is 6.87. The second-order valence-corrected chi connectivity index (χ2v) is 7.25. The van der Waals surface area contributed by atoms with Gasteiger partial charge in [-0.25, -0.2) is 11.1 Å². The molecule has 0 saturated carbocycles. The summed E-state index contributed by atoms with van der Waals surface area (Å²) in [6.45, 7) is 21.8. The van der Waals surface area contributed by atoms with Crippen molar-refractivity contribution in [3.63, 3.8) is 0 Å². The first kappa shape index (κ1) is 25.0. The van der Waals surface area contributed by atoms with E-state index in [-0.39, 0.29) is 70.2 Å². The smallest absolute Gasteiger partial charge is 1.00 e. The van der Waals surface area contributed by atoms with E-state index in [2.05, 4.69) is 81.4 Å². The van der Waals surface area contributed by atoms with Gasteiger partial charge in [0.1, 0.15) is 0 Å². The Morgan fingerprint density at radius 1 is 0.591 bits per heavy atom. The van der Waals surface area contributed by atoms with E-state index in [1.807, 2.05) is 0 Å². The van der Waals surface area contributed by atoms with Gasteiger partial charge in [0, 0.05) is 0 Å². The fourth-order valence-corrected chi connectivity index (χ4v) is 2.81. The normalized spacial score (nSPS) is 21.4. The minimum absolute atomic E-state index is 0. The number of rotatable bonds is 0. The quantitative estimate of drug-likeness (QED) is 0.469. The molecule has 2 aliphatic rings. The molecule has 0 nitrogen and oxygen atoms in total. The number of hydrogen-bond donors (Lipinski definition) is 0. The van der Waals surface area contributed by atoms with Gasteiger partial charge in [-0.2, -0.15) is 22.3 Å². The van der Waals surface area contributed by atoms with E-state index in [0.717, 1.165) is 0 Å².